The van der Waals surface area contributed by atoms with E-state index in [1.165, 1.54) is 4.31 Å². The zero-order valence-corrected chi connectivity index (χ0v) is 23.1. The van der Waals surface area contributed by atoms with Crippen molar-refractivity contribution in [3.8, 4) is 0 Å². The molecule has 7 N–H and O–H groups in total. The van der Waals surface area contributed by atoms with Gasteiger partial charge in [0.05, 0.1) is 5.92 Å². The summed E-state index contributed by atoms with van der Waals surface area (Å²) < 4.78 is 111. The first kappa shape index (κ1) is 32.3. The molecule has 2 saturated carbocycles. The standard InChI is InChI=1S/C23H41F6N7O3S/c24-22(25,26)13-39-21-34-19(33-20(35-21)32-17-5-1-3-14(11-17)23(27,28)29)31-16-7-9-36(10-8-16)40(37,38)18-6-2-4-15(30)12-18/h14-21,31-35H,1-13,30H2. The van der Waals surface area contributed by atoms with E-state index in [1.807, 2.05) is 0 Å². The predicted octanol–water partition coefficient (Wildman–Crippen LogP) is 1.78. The molecule has 2 saturated heterocycles. The Bertz CT molecular complexity index is 864. The van der Waals surface area contributed by atoms with Crippen LogP contribution in [0.1, 0.15) is 64.2 Å². The van der Waals surface area contributed by atoms with Crippen molar-refractivity contribution in [2.24, 2.45) is 11.7 Å². The number of rotatable bonds is 8. The highest BCUT2D eigenvalue weighted by Gasteiger charge is 2.44. The van der Waals surface area contributed by atoms with Crippen molar-refractivity contribution in [1.82, 2.24) is 30.9 Å². The summed E-state index contributed by atoms with van der Waals surface area (Å²) in [6.07, 6.45) is -7.26. The first-order valence-electron chi connectivity index (χ1n) is 14.0. The van der Waals surface area contributed by atoms with Crippen molar-refractivity contribution in [2.45, 2.75) is 119 Å². The van der Waals surface area contributed by atoms with Crippen LogP contribution < -0.4 is 32.3 Å². The van der Waals surface area contributed by atoms with E-state index in [1.54, 1.807) is 0 Å². The Morgan fingerprint density at radius 1 is 0.875 bits per heavy atom. The normalized spacial score (nSPS) is 37.2. The van der Waals surface area contributed by atoms with Crippen LogP contribution in [-0.4, -0.2) is 83.2 Å². The molecule has 4 aliphatic rings. The molecule has 0 bridgehead atoms. The minimum absolute atomic E-state index is 0.0538. The van der Waals surface area contributed by atoms with Crippen LogP contribution in [0.4, 0.5) is 26.3 Å². The first-order chi connectivity index (χ1) is 18.7. The van der Waals surface area contributed by atoms with E-state index >= 15 is 0 Å². The van der Waals surface area contributed by atoms with Gasteiger partial charge in [0, 0.05) is 37.6 Å². The van der Waals surface area contributed by atoms with Gasteiger partial charge >= 0.3 is 12.4 Å². The van der Waals surface area contributed by atoms with Crippen LogP contribution in [0.3, 0.4) is 0 Å². The maximum absolute atomic E-state index is 13.3. The summed E-state index contributed by atoms with van der Waals surface area (Å²) in [5, 5.41) is 14.6. The van der Waals surface area contributed by atoms with Gasteiger partial charge in [-0.1, -0.05) is 10.6 Å². The quantitative estimate of drug-likeness (QED) is 0.180. The molecule has 2 aliphatic carbocycles. The maximum Gasteiger partial charge on any atom is 0.411 e. The zero-order valence-electron chi connectivity index (χ0n) is 22.2. The molecule has 40 heavy (non-hydrogen) atoms. The predicted molar refractivity (Wildman–Crippen MR) is 135 cm³/mol. The van der Waals surface area contributed by atoms with Gasteiger partial charge in [-0.05, 0) is 51.4 Å². The number of nitrogens with two attached hydrogens (primary N) is 1. The smallest absolute Gasteiger partial charge is 0.411 e. The van der Waals surface area contributed by atoms with Crippen LogP contribution in [0.15, 0.2) is 0 Å². The number of hydrogen-bond acceptors (Lipinski definition) is 9. The lowest BCUT2D eigenvalue weighted by Gasteiger charge is -2.44. The highest BCUT2D eigenvalue weighted by Crippen LogP contribution is 2.37. The molecule has 4 fully saturated rings. The van der Waals surface area contributed by atoms with Gasteiger partial charge in [0.25, 0.3) is 0 Å². The number of hydrogen-bond donors (Lipinski definition) is 6. The Balaban J connectivity index is 1.32. The summed E-state index contributed by atoms with van der Waals surface area (Å²) in [6, 6.07) is -0.767. The summed E-state index contributed by atoms with van der Waals surface area (Å²) >= 11 is 0. The average Bonchev–Trinajstić information content (AvgIpc) is 2.87. The first-order valence-corrected chi connectivity index (χ1v) is 15.5. The van der Waals surface area contributed by atoms with Gasteiger partial charge in [-0.3, -0.25) is 26.6 Å². The number of piperidine rings is 1. The topological polar surface area (TPSA) is 139 Å². The van der Waals surface area contributed by atoms with Crippen molar-refractivity contribution >= 4 is 10.4 Å². The Morgan fingerprint density at radius 3 is 2.10 bits per heavy atom. The van der Waals surface area contributed by atoms with Crippen molar-refractivity contribution in [1.29, 1.82) is 0 Å². The zero-order chi connectivity index (χ0) is 29.1. The maximum atomic E-state index is 13.3. The Morgan fingerprint density at radius 2 is 1.50 bits per heavy atom. The molecule has 0 aromatic rings. The van der Waals surface area contributed by atoms with Gasteiger partial charge in [0.1, 0.15) is 34.8 Å². The van der Waals surface area contributed by atoms with E-state index in [4.69, 9.17) is 10.5 Å². The number of sulfonamides is 1. The molecule has 8 unspecified atom stereocenters. The highest BCUT2D eigenvalue weighted by atomic mass is 32.3. The second-order valence-electron chi connectivity index (χ2n) is 11.4. The molecule has 234 valence electrons. The number of nitrogens with zero attached hydrogens (tertiary/aromatic N) is 1. The van der Waals surface area contributed by atoms with Crippen molar-refractivity contribution in [3.63, 3.8) is 0 Å². The van der Waals surface area contributed by atoms with Crippen LogP contribution in [0.2, 0.25) is 0 Å². The van der Waals surface area contributed by atoms with E-state index < -0.39 is 65.5 Å². The van der Waals surface area contributed by atoms with E-state index in [0.717, 1.165) is 12.8 Å². The molecule has 8 atom stereocenters. The number of ether oxygens (including phenoxy) is 1. The lowest BCUT2D eigenvalue weighted by Crippen LogP contribution is -2.76. The monoisotopic (exact) mass is 609 g/mol. The highest BCUT2D eigenvalue weighted by molar-refractivity contribution is 7.96. The van der Waals surface area contributed by atoms with Gasteiger partial charge in [-0.25, -0.2) is 0 Å². The van der Waals surface area contributed by atoms with Crippen LogP contribution in [0, 0.1) is 5.92 Å². The molecule has 0 aromatic carbocycles. The molecule has 17 heteroatoms. The Kier molecular flexibility index (Phi) is 10.8. The molecule has 4 rings (SSSR count). The fourth-order valence-corrected chi connectivity index (χ4v) is 8.23. The summed E-state index contributed by atoms with van der Waals surface area (Å²) in [5.74, 6) is -1.43. The van der Waals surface area contributed by atoms with Crippen LogP contribution >= 0.6 is 0 Å². The molecule has 2 heterocycles. The van der Waals surface area contributed by atoms with Crippen LogP contribution in [0.25, 0.3) is 0 Å². The van der Waals surface area contributed by atoms with E-state index in [0.29, 0.717) is 51.6 Å². The minimum Gasteiger partial charge on any atom is -0.597 e. The van der Waals surface area contributed by atoms with Crippen LogP contribution in [0.5, 0.6) is 0 Å². The van der Waals surface area contributed by atoms with Crippen LogP contribution in [-0.2, 0) is 19.3 Å². The fraction of sp³-hybridized carbons (Fsp3) is 1.00. The summed E-state index contributed by atoms with van der Waals surface area (Å²) in [6.45, 7) is -0.918. The molecule has 0 spiro atoms. The van der Waals surface area contributed by atoms with Crippen molar-refractivity contribution in [2.75, 3.05) is 19.7 Å². The third kappa shape index (κ3) is 9.18. The second kappa shape index (κ2) is 13.3. The van der Waals surface area contributed by atoms with Crippen molar-refractivity contribution < 1.29 is 39.8 Å². The van der Waals surface area contributed by atoms with Gasteiger partial charge in [0.2, 0.25) is 0 Å². The summed E-state index contributed by atoms with van der Waals surface area (Å²) in [5.41, 5.74) is 5.99. The van der Waals surface area contributed by atoms with Gasteiger partial charge in [-0.2, -0.15) is 26.3 Å². The molecule has 2 aliphatic heterocycles. The van der Waals surface area contributed by atoms with Crippen molar-refractivity contribution in [3.05, 3.63) is 0 Å². The number of nitrogens with one attached hydrogen (secondary N) is 5. The van der Waals surface area contributed by atoms with Gasteiger partial charge in [0.15, 0.2) is 6.35 Å². The van der Waals surface area contributed by atoms with E-state index in [-0.39, 0.29) is 24.9 Å². The average molecular weight is 610 g/mol. The SMILES string of the molecule is NC1CCCC([S+](=O)([O-])N2CCC(NC3NC(NC4CCCC(C(F)(F)F)C4)NC(OCC(F)(F)F)N3)CC2)C1. The molecule has 0 aromatic heterocycles. The van der Waals surface area contributed by atoms with Gasteiger partial charge in [-0.15, -0.1) is 4.31 Å². The molecular weight excluding hydrogens is 568 g/mol. The summed E-state index contributed by atoms with van der Waals surface area (Å²) in [4.78, 5) is 0. The summed E-state index contributed by atoms with van der Waals surface area (Å²) in [7, 11) is -3.48. The Labute approximate surface area is 231 Å². The lowest BCUT2D eigenvalue weighted by molar-refractivity contribution is -0.199. The van der Waals surface area contributed by atoms with E-state index in [2.05, 4.69) is 26.6 Å². The molecular formula is C23H41F6N7O3S. The Hall–Kier alpha value is -0.630. The minimum atomic E-state index is -4.57. The molecule has 0 radical (unpaired) electrons. The lowest BCUT2D eigenvalue weighted by atomic mass is 9.85. The number of alkyl halides is 6. The largest absolute Gasteiger partial charge is 0.597 e. The fourth-order valence-electron chi connectivity index (χ4n) is 6.13. The second-order valence-corrected chi connectivity index (χ2v) is 13.6. The third-order valence-corrected chi connectivity index (χ3v) is 10.6. The van der Waals surface area contributed by atoms with E-state index in [9.17, 15) is 35.1 Å². The third-order valence-electron chi connectivity index (χ3n) is 8.23. The molecule has 0 amide bonds. The molecule has 10 nitrogen and oxygen atoms in total. The van der Waals surface area contributed by atoms with Gasteiger partial charge < -0.3 is 15.0 Å². The number of halogens is 6.